The molecular formula is C10H9BrFNO3. The van der Waals surface area contributed by atoms with Crippen molar-refractivity contribution >= 4 is 21.7 Å². The number of carbonyl (C=O) groups excluding carboxylic acids is 1. The van der Waals surface area contributed by atoms with Crippen molar-refractivity contribution in [2.24, 2.45) is 0 Å². The lowest BCUT2D eigenvalue weighted by atomic mass is 10.1. The van der Waals surface area contributed by atoms with Crippen molar-refractivity contribution in [1.82, 2.24) is 5.32 Å². The molecule has 6 heteroatoms. The number of hydrogen-bond donors (Lipinski definition) is 1. The van der Waals surface area contributed by atoms with Gasteiger partial charge in [0.25, 0.3) is 0 Å². The van der Waals surface area contributed by atoms with E-state index in [2.05, 4.69) is 21.2 Å². The Labute approximate surface area is 99.9 Å². The first-order valence-corrected chi connectivity index (χ1v) is 5.40. The maximum atomic E-state index is 13.8. The Bertz CT molecular complexity index is 450. The number of Topliss-reactive ketones (excluding diaryl/α,β-unsaturated/α-hetero) is 1. The van der Waals surface area contributed by atoms with Gasteiger partial charge in [-0.1, -0.05) is 0 Å². The minimum atomic E-state index is -0.621. The van der Waals surface area contributed by atoms with Gasteiger partial charge in [-0.2, -0.15) is 0 Å². The summed E-state index contributed by atoms with van der Waals surface area (Å²) in [6.45, 7) is 0.111. The molecule has 0 fully saturated rings. The summed E-state index contributed by atoms with van der Waals surface area (Å²) in [5.74, 6) is -0.269. The van der Waals surface area contributed by atoms with Crippen LogP contribution in [0, 0.1) is 5.82 Å². The normalized spacial score (nSPS) is 12.9. The van der Waals surface area contributed by atoms with Gasteiger partial charge in [-0.3, -0.25) is 4.79 Å². The van der Waals surface area contributed by atoms with Crippen LogP contribution in [0.1, 0.15) is 10.4 Å². The Hall–Kier alpha value is -1.14. The van der Waals surface area contributed by atoms with Gasteiger partial charge in [-0.25, -0.2) is 4.39 Å². The Kier molecular flexibility index (Phi) is 3.11. The van der Waals surface area contributed by atoms with E-state index in [9.17, 15) is 9.18 Å². The lowest BCUT2D eigenvalue weighted by Crippen LogP contribution is -2.19. The first kappa shape index (κ1) is 11.3. The minimum Gasteiger partial charge on any atom is -0.454 e. The average Bonchev–Trinajstić information content (AvgIpc) is 2.71. The summed E-state index contributed by atoms with van der Waals surface area (Å²) in [5, 5.41) is 2.68. The van der Waals surface area contributed by atoms with Crippen LogP contribution in [-0.2, 0) is 0 Å². The molecule has 1 aromatic rings. The number of fused-ring (bicyclic) bond motifs is 1. The van der Waals surface area contributed by atoms with Gasteiger partial charge in [0, 0.05) is 0 Å². The monoisotopic (exact) mass is 289 g/mol. The number of rotatable bonds is 3. The zero-order chi connectivity index (χ0) is 11.7. The third-order valence-corrected chi connectivity index (χ3v) is 2.89. The molecule has 86 valence electrons. The van der Waals surface area contributed by atoms with Crippen LogP contribution >= 0.6 is 15.9 Å². The van der Waals surface area contributed by atoms with E-state index in [0.717, 1.165) is 0 Å². The van der Waals surface area contributed by atoms with Crippen LogP contribution in [-0.4, -0.2) is 26.2 Å². The number of likely N-dealkylation sites (N-methyl/N-ethyl adjacent to an activating group) is 1. The second kappa shape index (κ2) is 4.39. The molecule has 2 rings (SSSR count). The van der Waals surface area contributed by atoms with Gasteiger partial charge in [0.1, 0.15) is 4.47 Å². The van der Waals surface area contributed by atoms with Crippen LogP contribution in [0.5, 0.6) is 11.5 Å². The molecule has 0 saturated heterocycles. The molecule has 1 aliphatic heterocycles. The standard InChI is InChI=1S/C10H9BrFNO3/c1-13-3-6(14)5-2-7-10(16-4-15-7)8(11)9(5)12/h2,13H,3-4H2,1H3. The summed E-state index contributed by atoms with van der Waals surface area (Å²) in [6, 6.07) is 1.36. The van der Waals surface area contributed by atoms with E-state index < -0.39 is 5.82 Å². The van der Waals surface area contributed by atoms with Gasteiger partial charge in [-0.05, 0) is 29.0 Å². The van der Waals surface area contributed by atoms with E-state index in [4.69, 9.17) is 9.47 Å². The minimum absolute atomic E-state index is 0.00882. The predicted molar refractivity (Wildman–Crippen MR) is 58.5 cm³/mol. The fourth-order valence-corrected chi connectivity index (χ4v) is 1.96. The first-order valence-electron chi connectivity index (χ1n) is 4.60. The largest absolute Gasteiger partial charge is 0.454 e. The molecule has 1 aliphatic rings. The molecule has 0 aromatic heterocycles. The summed E-state index contributed by atoms with van der Waals surface area (Å²) in [4.78, 5) is 11.6. The zero-order valence-corrected chi connectivity index (χ0v) is 10.1. The molecule has 1 N–H and O–H groups in total. The van der Waals surface area contributed by atoms with Crippen molar-refractivity contribution in [2.75, 3.05) is 20.4 Å². The number of benzene rings is 1. The zero-order valence-electron chi connectivity index (χ0n) is 8.47. The van der Waals surface area contributed by atoms with E-state index in [0.29, 0.717) is 11.5 Å². The van der Waals surface area contributed by atoms with Gasteiger partial charge < -0.3 is 14.8 Å². The van der Waals surface area contributed by atoms with Crippen molar-refractivity contribution in [3.8, 4) is 11.5 Å². The van der Waals surface area contributed by atoms with E-state index in [-0.39, 0.29) is 29.2 Å². The van der Waals surface area contributed by atoms with E-state index >= 15 is 0 Å². The number of ether oxygens (including phenoxy) is 2. The second-order valence-corrected chi connectivity index (χ2v) is 4.03. The van der Waals surface area contributed by atoms with E-state index in [1.807, 2.05) is 0 Å². The van der Waals surface area contributed by atoms with Crippen molar-refractivity contribution in [2.45, 2.75) is 0 Å². The molecule has 0 spiro atoms. The summed E-state index contributed by atoms with van der Waals surface area (Å²) >= 11 is 3.05. The van der Waals surface area contributed by atoms with Crippen LogP contribution in [0.3, 0.4) is 0 Å². The molecule has 0 atom stereocenters. The fourth-order valence-electron chi connectivity index (χ4n) is 1.44. The van der Waals surface area contributed by atoms with Gasteiger partial charge in [0.05, 0.1) is 12.1 Å². The first-order chi connectivity index (χ1) is 7.65. The highest BCUT2D eigenvalue weighted by Gasteiger charge is 2.25. The third kappa shape index (κ3) is 1.78. The van der Waals surface area contributed by atoms with Crippen LogP contribution < -0.4 is 14.8 Å². The second-order valence-electron chi connectivity index (χ2n) is 3.24. The summed E-state index contributed by atoms with van der Waals surface area (Å²) < 4.78 is 24.1. The number of halogens is 2. The average molecular weight is 290 g/mol. The fraction of sp³-hybridized carbons (Fsp3) is 0.300. The molecule has 0 unspecified atom stereocenters. The maximum Gasteiger partial charge on any atom is 0.231 e. The van der Waals surface area contributed by atoms with Crippen molar-refractivity contribution < 1.29 is 18.7 Å². The van der Waals surface area contributed by atoms with E-state index in [1.54, 1.807) is 7.05 Å². The van der Waals surface area contributed by atoms with Gasteiger partial charge in [0.15, 0.2) is 23.1 Å². The van der Waals surface area contributed by atoms with Gasteiger partial charge >= 0.3 is 0 Å². The molecule has 0 saturated carbocycles. The van der Waals surface area contributed by atoms with Gasteiger partial charge in [0.2, 0.25) is 6.79 Å². The maximum absolute atomic E-state index is 13.8. The predicted octanol–water partition coefficient (Wildman–Crippen LogP) is 1.72. The molecule has 0 amide bonds. The molecule has 1 aromatic carbocycles. The van der Waals surface area contributed by atoms with Crippen molar-refractivity contribution in [1.29, 1.82) is 0 Å². The lowest BCUT2D eigenvalue weighted by Gasteiger charge is -2.06. The molecule has 0 aliphatic carbocycles. The number of ketones is 1. The molecule has 0 radical (unpaired) electrons. The van der Waals surface area contributed by atoms with Crippen LogP contribution in [0.15, 0.2) is 10.5 Å². The van der Waals surface area contributed by atoms with Crippen LogP contribution in [0.4, 0.5) is 4.39 Å². The Morgan fingerprint density at radius 3 is 3.06 bits per heavy atom. The highest BCUT2D eigenvalue weighted by atomic mass is 79.9. The molecular weight excluding hydrogens is 281 g/mol. The molecule has 0 bridgehead atoms. The highest BCUT2D eigenvalue weighted by Crippen LogP contribution is 2.42. The summed E-state index contributed by atoms with van der Waals surface area (Å²) in [7, 11) is 1.62. The number of carbonyl (C=O) groups is 1. The number of nitrogens with one attached hydrogen (secondary N) is 1. The molecule has 16 heavy (non-hydrogen) atoms. The van der Waals surface area contributed by atoms with Crippen LogP contribution in [0.2, 0.25) is 0 Å². The van der Waals surface area contributed by atoms with E-state index in [1.165, 1.54) is 6.07 Å². The van der Waals surface area contributed by atoms with Crippen molar-refractivity contribution in [3.05, 3.63) is 21.9 Å². The third-order valence-electron chi connectivity index (χ3n) is 2.18. The Morgan fingerprint density at radius 1 is 1.62 bits per heavy atom. The van der Waals surface area contributed by atoms with Crippen LogP contribution in [0.25, 0.3) is 0 Å². The van der Waals surface area contributed by atoms with Crippen molar-refractivity contribution in [3.63, 3.8) is 0 Å². The van der Waals surface area contributed by atoms with Gasteiger partial charge in [-0.15, -0.1) is 0 Å². The Balaban J connectivity index is 2.47. The summed E-state index contributed by atoms with van der Waals surface area (Å²) in [6.07, 6.45) is 0. The SMILES string of the molecule is CNCC(=O)c1cc2c(c(Br)c1F)OCO2. The highest BCUT2D eigenvalue weighted by molar-refractivity contribution is 9.10. The quantitative estimate of drug-likeness (QED) is 0.861. The molecule has 4 nitrogen and oxygen atoms in total. The topological polar surface area (TPSA) is 47.6 Å². The summed E-state index contributed by atoms with van der Waals surface area (Å²) in [5.41, 5.74) is -0.00882. The smallest absolute Gasteiger partial charge is 0.231 e. The Morgan fingerprint density at radius 2 is 2.38 bits per heavy atom. The molecule has 1 heterocycles. The number of hydrogen-bond acceptors (Lipinski definition) is 4. The lowest BCUT2D eigenvalue weighted by molar-refractivity contribution is 0.0989.